The third-order valence-corrected chi connectivity index (χ3v) is 10.1. The number of hydrogen-bond acceptors (Lipinski definition) is 8. The lowest BCUT2D eigenvalue weighted by atomic mass is 9.59. The minimum Gasteiger partial charge on any atom is -0.504 e. The molecule has 7 rings (SSSR count). The number of rotatable bonds is 7. The summed E-state index contributed by atoms with van der Waals surface area (Å²) in [5.74, 6) is -1.88. The Labute approximate surface area is 283 Å². The van der Waals surface area contributed by atoms with Crippen LogP contribution in [-0.2, 0) is 19.2 Å². The summed E-state index contributed by atoms with van der Waals surface area (Å²) in [7, 11) is 4.65. The second kappa shape index (κ2) is 12.4. The molecule has 4 aliphatic rings. The maximum atomic E-state index is 14.3. The Morgan fingerprint density at radius 2 is 1.57 bits per heavy atom. The van der Waals surface area contributed by atoms with Crippen molar-refractivity contribution in [1.82, 2.24) is 0 Å². The largest absolute Gasteiger partial charge is 0.504 e. The zero-order chi connectivity index (χ0) is 34.6. The van der Waals surface area contributed by atoms with E-state index in [2.05, 4.69) is 0 Å². The summed E-state index contributed by atoms with van der Waals surface area (Å²) in [6.45, 7) is 1.63. The molecule has 4 atom stereocenters. The molecular weight excluding hydrogens is 622 g/mol. The second-order valence-corrected chi connectivity index (χ2v) is 12.7. The van der Waals surface area contributed by atoms with Crippen molar-refractivity contribution in [2.75, 3.05) is 26.2 Å². The van der Waals surface area contributed by atoms with Crippen LogP contribution in [0.1, 0.15) is 42.4 Å². The van der Waals surface area contributed by atoms with Crippen LogP contribution in [0, 0.1) is 17.8 Å². The Morgan fingerprint density at radius 1 is 0.816 bits per heavy atom. The van der Waals surface area contributed by atoms with E-state index in [1.807, 2.05) is 48.6 Å². The van der Waals surface area contributed by atoms with Crippen LogP contribution < -0.4 is 19.1 Å². The number of anilines is 1. The summed E-state index contributed by atoms with van der Waals surface area (Å²) in [4.78, 5) is 56.5. The van der Waals surface area contributed by atoms with Gasteiger partial charge >= 0.3 is 0 Å². The Balaban J connectivity index is 1.21. The molecule has 0 aromatic heterocycles. The lowest BCUT2D eigenvalue weighted by molar-refractivity contribution is -0.123. The Kier molecular flexibility index (Phi) is 8.06. The first-order valence-electron chi connectivity index (χ1n) is 16.1. The third-order valence-electron chi connectivity index (χ3n) is 10.1. The van der Waals surface area contributed by atoms with Crippen molar-refractivity contribution in [3.05, 3.63) is 112 Å². The van der Waals surface area contributed by atoms with Crippen molar-refractivity contribution < 1.29 is 38.5 Å². The van der Waals surface area contributed by atoms with Crippen molar-refractivity contribution in [2.24, 2.45) is 17.8 Å². The molecule has 0 spiro atoms. The van der Waals surface area contributed by atoms with Crippen LogP contribution in [0.3, 0.4) is 0 Å². The molecule has 1 N–H and O–H groups in total. The number of aromatic hydroxyl groups is 1. The highest BCUT2D eigenvalue weighted by molar-refractivity contribution is 6.25. The molecule has 49 heavy (non-hydrogen) atoms. The van der Waals surface area contributed by atoms with E-state index in [0.717, 1.165) is 16.7 Å². The molecule has 3 aromatic carbocycles. The smallest absolute Gasteiger partial charge is 0.238 e. The third kappa shape index (κ3) is 5.26. The van der Waals surface area contributed by atoms with Gasteiger partial charge in [0.15, 0.2) is 23.1 Å². The molecule has 0 bridgehead atoms. The summed E-state index contributed by atoms with van der Waals surface area (Å²) in [6.07, 6.45) is 7.66. The number of carbonyl (C=O) groups is 4. The van der Waals surface area contributed by atoms with Crippen molar-refractivity contribution in [3.8, 4) is 23.0 Å². The summed E-state index contributed by atoms with van der Waals surface area (Å²) >= 11 is 0. The number of benzene rings is 3. The van der Waals surface area contributed by atoms with Crippen LogP contribution >= 0.6 is 0 Å². The molecule has 1 saturated heterocycles. The fourth-order valence-electron chi connectivity index (χ4n) is 7.76. The number of carbonyl (C=O) groups excluding carboxylic acids is 4. The number of allylic oxidation sites excluding steroid dienone is 6. The SMILES string of the molecule is COc1ccc(OC)c(C=Cc2ccc(N3C(=O)C4CC=C5C(c6ccc(O)c(OC)c6)C6=C(CC5C4C3=O)C(=O)C=C(C)C6=O)cc2)c1. The van der Waals surface area contributed by atoms with Gasteiger partial charge in [-0.2, -0.15) is 0 Å². The number of imide groups is 1. The zero-order valence-corrected chi connectivity index (χ0v) is 27.6. The normalized spacial score (nSPS) is 23.2. The van der Waals surface area contributed by atoms with Crippen molar-refractivity contribution in [2.45, 2.75) is 25.7 Å². The predicted octanol–water partition coefficient (Wildman–Crippen LogP) is 6.22. The van der Waals surface area contributed by atoms with Crippen molar-refractivity contribution in [3.63, 3.8) is 0 Å². The lowest BCUT2D eigenvalue weighted by Gasteiger charge is -2.42. The van der Waals surface area contributed by atoms with E-state index < -0.39 is 23.7 Å². The Morgan fingerprint density at radius 3 is 2.29 bits per heavy atom. The standard InChI is InChI=1S/C40H35NO8/c1-21-17-32(43)30-20-29-27(35(37(30)38(21)44)24-9-15-31(42)34(19-24)49-4)13-14-28-36(29)40(46)41(39(28)45)25-10-6-22(7-11-25)5-8-23-18-26(47-2)12-16-33(23)48-3/h5-13,15-19,28-29,35-36,42H,14,20H2,1-4H3. The first kappa shape index (κ1) is 31.9. The summed E-state index contributed by atoms with van der Waals surface area (Å²) in [5.41, 5.74) is 4.78. The van der Waals surface area contributed by atoms with E-state index in [4.69, 9.17) is 14.2 Å². The van der Waals surface area contributed by atoms with Gasteiger partial charge in [-0.15, -0.1) is 0 Å². The van der Waals surface area contributed by atoms with E-state index in [-0.39, 0.29) is 41.3 Å². The summed E-state index contributed by atoms with van der Waals surface area (Å²) in [6, 6.07) is 17.6. The van der Waals surface area contributed by atoms with Crippen LogP contribution in [0.5, 0.6) is 23.0 Å². The molecule has 0 saturated carbocycles. The molecule has 1 aliphatic heterocycles. The van der Waals surface area contributed by atoms with Crippen LogP contribution in [-0.4, -0.2) is 49.8 Å². The van der Waals surface area contributed by atoms with Gasteiger partial charge in [0.25, 0.3) is 0 Å². The fraction of sp³-hybridized carbons (Fsp3) is 0.250. The number of fused-ring (bicyclic) bond motifs is 3. The van der Waals surface area contributed by atoms with Crippen molar-refractivity contribution >= 4 is 41.2 Å². The molecule has 3 aliphatic carbocycles. The molecule has 1 fully saturated rings. The Bertz CT molecular complexity index is 2050. The average Bonchev–Trinajstić information content (AvgIpc) is 3.38. The zero-order valence-electron chi connectivity index (χ0n) is 27.6. The maximum absolute atomic E-state index is 14.3. The molecule has 0 radical (unpaired) electrons. The molecule has 1 heterocycles. The van der Waals surface area contributed by atoms with Gasteiger partial charge in [0.1, 0.15) is 11.5 Å². The van der Waals surface area contributed by atoms with E-state index in [0.29, 0.717) is 45.9 Å². The minimum absolute atomic E-state index is 0.0543. The molecule has 248 valence electrons. The quantitative estimate of drug-likeness (QED) is 0.138. The molecule has 4 unspecified atom stereocenters. The van der Waals surface area contributed by atoms with Gasteiger partial charge in [-0.3, -0.25) is 24.1 Å². The number of phenols is 1. The molecule has 9 heteroatoms. The fourth-order valence-corrected chi connectivity index (χ4v) is 7.76. The topological polar surface area (TPSA) is 119 Å². The van der Waals surface area contributed by atoms with Gasteiger partial charge in [-0.25, -0.2) is 0 Å². The first-order chi connectivity index (χ1) is 23.6. The van der Waals surface area contributed by atoms with E-state index in [1.165, 1.54) is 24.2 Å². The van der Waals surface area contributed by atoms with Gasteiger partial charge in [0, 0.05) is 28.2 Å². The molecule has 3 aromatic rings. The number of ketones is 2. The summed E-state index contributed by atoms with van der Waals surface area (Å²) < 4.78 is 16.2. The van der Waals surface area contributed by atoms with E-state index in [1.54, 1.807) is 45.4 Å². The van der Waals surface area contributed by atoms with Gasteiger partial charge in [0.2, 0.25) is 11.8 Å². The number of phenolic OH excluding ortho intramolecular Hbond substituents is 1. The summed E-state index contributed by atoms with van der Waals surface area (Å²) in [5, 5.41) is 10.3. The van der Waals surface area contributed by atoms with Gasteiger partial charge in [-0.05, 0) is 85.4 Å². The highest BCUT2D eigenvalue weighted by Crippen LogP contribution is 2.56. The molecule has 9 nitrogen and oxygen atoms in total. The number of ether oxygens (including phenoxy) is 3. The number of Topliss-reactive ketones (excluding diaryl/α,β-unsaturated/α-hetero) is 1. The number of nitrogens with zero attached hydrogens (tertiary/aromatic N) is 1. The first-order valence-corrected chi connectivity index (χ1v) is 16.1. The maximum Gasteiger partial charge on any atom is 0.238 e. The average molecular weight is 658 g/mol. The number of methoxy groups -OCH3 is 3. The minimum atomic E-state index is -0.696. The van der Waals surface area contributed by atoms with Gasteiger partial charge in [-0.1, -0.05) is 42.0 Å². The monoisotopic (exact) mass is 657 g/mol. The molecular formula is C40H35NO8. The number of amides is 2. The van der Waals surface area contributed by atoms with E-state index in [9.17, 15) is 24.3 Å². The Hall–Kier alpha value is -5.70. The van der Waals surface area contributed by atoms with Crippen molar-refractivity contribution in [1.29, 1.82) is 0 Å². The lowest BCUT2D eigenvalue weighted by Crippen LogP contribution is -2.39. The number of hydrogen-bond donors (Lipinski definition) is 1. The van der Waals surface area contributed by atoms with Crippen LogP contribution in [0.15, 0.2) is 95.1 Å². The van der Waals surface area contributed by atoms with Gasteiger partial charge in [0.05, 0.1) is 38.9 Å². The highest BCUT2D eigenvalue weighted by Gasteiger charge is 2.56. The second-order valence-electron chi connectivity index (χ2n) is 12.7. The van der Waals surface area contributed by atoms with Crippen LogP contribution in [0.4, 0.5) is 5.69 Å². The van der Waals surface area contributed by atoms with Crippen LogP contribution in [0.2, 0.25) is 0 Å². The van der Waals surface area contributed by atoms with Gasteiger partial charge < -0.3 is 19.3 Å². The van der Waals surface area contributed by atoms with Crippen LogP contribution in [0.25, 0.3) is 12.2 Å². The molecule has 2 amide bonds. The predicted molar refractivity (Wildman–Crippen MR) is 183 cm³/mol. The van der Waals surface area contributed by atoms with E-state index >= 15 is 0 Å². The highest BCUT2D eigenvalue weighted by atomic mass is 16.5.